The lowest BCUT2D eigenvalue weighted by Gasteiger charge is -2.26. The fourth-order valence-electron chi connectivity index (χ4n) is 3.05. The number of nitrogens with zero attached hydrogens (tertiary/aromatic N) is 1. The van der Waals surface area contributed by atoms with Gasteiger partial charge in [0.25, 0.3) is 5.91 Å². The van der Waals surface area contributed by atoms with Crippen LogP contribution >= 0.6 is 0 Å². The molecule has 1 N–H and O–H groups in total. The highest BCUT2D eigenvalue weighted by Crippen LogP contribution is 2.29. The SMILES string of the molecule is O=C(NCC(c1ccco1)N1CCCC1)c1ccc(C(F)(F)F)cc1. The molecule has 25 heavy (non-hydrogen) atoms. The Labute approximate surface area is 143 Å². The van der Waals surface area contributed by atoms with Crippen molar-refractivity contribution in [1.82, 2.24) is 10.2 Å². The second kappa shape index (κ2) is 7.31. The first-order valence-electron chi connectivity index (χ1n) is 8.18. The summed E-state index contributed by atoms with van der Waals surface area (Å²) >= 11 is 0. The maximum atomic E-state index is 12.6. The minimum atomic E-state index is -4.41. The zero-order chi connectivity index (χ0) is 17.9. The van der Waals surface area contributed by atoms with Gasteiger partial charge in [0.2, 0.25) is 0 Å². The number of halogens is 3. The summed E-state index contributed by atoms with van der Waals surface area (Å²) in [5.41, 5.74) is -0.567. The van der Waals surface area contributed by atoms with E-state index in [1.54, 1.807) is 12.3 Å². The molecule has 0 saturated carbocycles. The predicted molar refractivity (Wildman–Crippen MR) is 86.0 cm³/mol. The summed E-state index contributed by atoms with van der Waals surface area (Å²) in [5.74, 6) is 0.374. The van der Waals surface area contributed by atoms with E-state index in [1.165, 1.54) is 12.1 Å². The van der Waals surface area contributed by atoms with Crippen molar-refractivity contribution in [3.63, 3.8) is 0 Å². The number of furan rings is 1. The largest absolute Gasteiger partial charge is 0.468 e. The van der Waals surface area contributed by atoms with Gasteiger partial charge in [0.15, 0.2) is 0 Å². The van der Waals surface area contributed by atoms with E-state index in [0.29, 0.717) is 6.54 Å². The quantitative estimate of drug-likeness (QED) is 0.889. The predicted octanol–water partition coefficient (Wildman–Crippen LogP) is 3.87. The number of likely N-dealkylation sites (tertiary alicyclic amines) is 1. The first kappa shape index (κ1) is 17.5. The molecule has 7 heteroatoms. The van der Waals surface area contributed by atoms with E-state index in [1.807, 2.05) is 6.07 Å². The van der Waals surface area contributed by atoms with Crippen molar-refractivity contribution < 1.29 is 22.4 Å². The highest BCUT2D eigenvalue weighted by molar-refractivity contribution is 5.94. The molecule has 1 fully saturated rings. The summed E-state index contributed by atoms with van der Waals surface area (Å²) in [6, 6.07) is 7.81. The van der Waals surface area contributed by atoms with Crippen LogP contribution < -0.4 is 5.32 Å². The Bertz CT molecular complexity index is 690. The van der Waals surface area contributed by atoms with Gasteiger partial charge in [-0.25, -0.2) is 0 Å². The van der Waals surface area contributed by atoms with Gasteiger partial charge in [-0.1, -0.05) is 0 Å². The molecule has 1 saturated heterocycles. The van der Waals surface area contributed by atoms with Crippen LogP contribution in [0.3, 0.4) is 0 Å². The topological polar surface area (TPSA) is 45.5 Å². The lowest BCUT2D eigenvalue weighted by Crippen LogP contribution is -2.36. The normalized spacial score (nSPS) is 16.8. The molecule has 1 unspecified atom stereocenters. The van der Waals surface area contributed by atoms with Crippen molar-refractivity contribution in [2.45, 2.75) is 25.1 Å². The number of benzene rings is 1. The van der Waals surface area contributed by atoms with Gasteiger partial charge in [0, 0.05) is 12.1 Å². The molecule has 0 bridgehead atoms. The van der Waals surface area contributed by atoms with E-state index in [0.717, 1.165) is 43.8 Å². The van der Waals surface area contributed by atoms with Crippen LogP contribution in [0.1, 0.15) is 40.6 Å². The Balaban J connectivity index is 1.65. The van der Waals surface area contributed by atoms with Crippen molar-refractivity contribution in [3.8, 4) is 0 Å². The summed E-state index contributed by atoms with van der Waals surface area (Å²) in [6.07, 6.45) is -0.612. The summed E-state index contributed by atoms with van der Waals surface area (Å²) in [7, 11) is 0. The molecule has 2 heterocycles. The van der Waals surface area contributed by atoms with Crippen molar-refractivity contribution in [2.24, 2.45) is 0 Å². The van der Waals surface area contributed by atoms with Crippen molar-refractivity contribution in [1.29, 1.82) is 0 Å². The first-order chi connectivity index (χ1) is 11.9. The van der Waals surface area contributed by atoms with E-state index in [2.05, 4.69) is 10.2 Å². The van der Waals surface area contributed by atoms with Crippen LogP contribution in [0.25, 0.3) is 0 Å². The van der Waals surface area contributed by atoms with Crippen molar-refractivity contribution in [3.05, 3.63) is 59.5 Å². The minimum Gasteiger partial charge on any atom is -0.468 e. The Morgan fingerprint density at radius 1 is 1.16 bits per heavy atom. The zero-order valence-corrected chi connectivity index (χ0v) is 13.6. The van der Waals surface area contributed by atoms with Crippen LogP contribution in [0.15, 0.2) is 47.1 Å². The molecule has 2 aromatic rings. The Morgan fingerprint density at radius 3 is 2.40 bits per heavy atom. The van der Waals surface area contributed by atoms with Gasteiger partial charge < -0.3 is 9.73 Å². The van der Waals surface area contributed by atoms with Crippen LogP contribution in [-0.2, 0) is 6.18 Å². The second-order valence-corrected chi connectivity index (χ2v) is 6.06. The number of alkyl halides is 3. The molecule has 0 spiro atoms. The standard InChI is InChI=1S/C18H19F3N2O2/c19-18(20,21)14-7-5-13(6-8-14)17(24)22-12-15(16-4-3-11-25-16)23-9-1-2-10-23/h3-8,11,15H,1-2,9-10,12H2,(H,22,24). The number of hydrogen-bond donors (Lipinski definition) is 1. The molecular weight excluding hydrogens is 333 g/mol. The summed E-state index contributed by atoms with van der Waals surface area (Å²) in [6.45, 7) is 2.20. The van der Waals surface area contributed by atoms with Gasteiger partial charge >= 0.3 is 6.18 Å². The smallest absolute Gasteiger partial charge is 0.416 e. The number of carbonyl (C=O) groups is 1. The molecule has 0 radical (unpaired) electrons. The van der Waals surface area contributed by atoms with E-state index < -0.39 is 17.6 Å². The number of rotatable bonds is 5. The van der Waals surface area contributed by atoms with Gasteiger partial charge in [-0.15, -0.1) is 0 Å². The highest BCUT2D eigenvalue weighted by atomic mass is 19.4. The van der Waals surface area contributed by atoms with Gasteiger partial charge in [-0.2, -0.15) is 13.2 Å². The fourth-order valence-corrected chi connectivity index (χ4v) is 3.05. The van der Waals surface area contributed by atoms with Crippen LogP contribution in [0.4, 0.5) is 13.2 Å². The molecular formula is C18H19F3N2O2. The average Bonchev–Trinajstić information content (AvgIpc) is 3.28. The van der Waals surface area contributed by atoms with Gasteiger partial charge in [-0.3, -0.25) is 9.69 Å². The average molecular weight is 352 g/mol. The highest BCUT2D eigenvalue weighted by Gasteiger charge is 2.30. The number of hydrogen-bond acceptors (Lipinski definition) is 3. The van der Waals surface area contributed by atoms with E-state index >= 15 is 0 Å². The maximum Gasteiger partial charge on any atom is 0.416 e. The molecule has 1 aliphatic rings. The van der Waals surface area contributed by atoms with Crippen LogP contribution in [0, 0.1) is 0 Å². The van der Waals surface area contributed by atoms with Crippen LogP contribution in [0.2, 0.25) is 0 Å². The first-order valence-corrected chi connectivity index (χ1v) is 8.18. The number of carbonyl (C=O) groups excluding carboxylic acids is 1. The molecule has 3 rings (SSSR count). The van der Waals surface area contributed by atoms with Gasteiger partial charge in [0.05, 0.1) is 17.9 Å². The van der Waals surface area contributed by atoms with E-state index in [9.17, 15) is 18.0 Å². The molecule has 1 aliphatic heterocycles. The summed E-state index contributed by atoms with van der Waals surface area (Å²) < 4.78 is 43.2. The van der Waals surface area contributed by atoms with E-state index in [4.69, 9.17) is 4.42 Å². The molecule has 4 nitrogen and oxygen atoms in total. The molecule has 0 aliphatic carbocycles. The molecule has 1 aromatic heterocycles. The molecule has 1 aromatic carbocycles. The lowest BCUT2D eigenvalue weighted by molar-refractivity contribution is -0.137. The number of nitrogens with one attached hydrogen (secondary N) is 1. The Morgan fingerprint density at radius 2 is 1.84 bits per heavy atom. The second-order valence-electron chi connectivity index (χ2n) is 6.06. The third-order valence-electron chi connectivity index (χ3n) is 4.38. The minimum absolute atomic E-state index is 0.0732. The van der Waals surface area contributed by atoms with E-state index in [-0.39, 0.29) is 11.6 Å². The third kappa shape index (κ3) is 4.22. The lowest BCUT2D eigenvalue weighted by atomic mass is 10.1. The van der Waals surface area contributed by atoms with Gasteiger partial charge in [-0.05, 0) is 62.3 Å². The third-order valence-corrected chi connectivity index (χ3v) is 4.38. The fraction of sp³-hybridized carbons (Fsp3) is 0.389. The Kier molecular flexibility index (Phi) is 5.13. The molecule has 1 amide bonds. The van der Waals surface area contributed by atoms with Crippen LogP contribution in [0.5, 0.6) is 0 Å². The molecule has 134 valence electrons. The number of amides is 1. The zero-order valence-electron chi connectivity index (χ0n) is 13.6. The maximum absolute atomic E-state index is 12.6. The Hall–Kier alpha value is -2.28. The summed E-state index contributed by atoms with van der Waals surface area (Å²) in [4.78, 5) is 14.5. The molecule has 1 atom stereocenters. The van der Waals surface area contributed by atoms with Crippen LogP contribution in [-0.4, -0.2) is 30.4 Å². The van der Waals surface area contributed by atoms with Crippen molar-refractivity contribution in [2.75, 3.05) is 19.6 Å². The van der Waals surface area contributed by atoms with Crippen molar-refractivity contribution >= 4 is 5.91 Å². The summed E-state index contributed by atoms with van der Waals surface area (Å²) in [5, 5.41) is 2.80. The monoisotopic (exact) mass is 352 g/mol. The van der Waals surface area contributed by atoms with Gasteiger partial charge in [0.1, 0.15) is 5.76 Å².